The van der Waals surface area contributed by atoms with Gasteiger partial charge in [0.15, 0.2) is 0 Å². The highest BCUT2D eigenvalue weighted by Crippen LogP contribution is 2.41. The monoisotopic (exact) mass is 319 g/mol. The lowest BCUT2D eigenvalue weighted by molar-refractivity contribution is 0.269. The summed E-state index contributed by atoms with van der Waals surface area (Å²) < 4.78 is 28.0. The van der Waals surface area contributed by atoms with Crippen molar-refractivity contribution in [2.24, 2.45) is 5.41 Å². The maximum atomic E-state index is 11.7. The van der Waals surface area contributed by atoms with E-state index in [1.807, 2.05) is 35.0 Å². The minimum Gasteiger partial charge on any atom is -0.237 e. The van der Waals surface area contributed by atoms with Crippen LogP contribution in [0.25, 0.3) is 5.69 Å². The van der Waals surface area contributed by atoms with Crippen molar-refractivity contribution in [1.29, 1.82) is 0 Å². The second-order valence-electron chi connectivity index (χ2n) is 6.78. The quantitative estimate of drug-likeness (QED) is 0.945. The second kappa shape index (κ2) is 5.21. The Labute approximate surface area is 131 Å². The van der Waals surface area contributed by atoms with Gasteiger partial charge in [0.25, 0.3) is 0 Å². The molecule has 5 nitrogen and oxygen atoms in total. The van der Waals surface area contributed by atoms with E-state index < -0.39 is 10.0 Å². The van der Waals surface area contributed by atoms with Crippen molar-refractivity contribution in [1.82, 2.24) is 14.5 Å². The molecule has 6 heteroatoms. The van der Waals surface area contributed by atoms with Gasteiger partial charge in [-0.1, -0.05) is 32.0 Å². The van der Waals surface area contributed by atoms with E-state index >= 15 is 0 Å². The first-order chi connectivity index (χ1) is 10.3. The van der Waals surface area contributed by atoms with Crippen molar-refractivity contribution in [2.45, 2.75) is 32.7 Å². The van der Waals surface area contributed by atoms with Crippen LogP contribution in [0.5, 0.6) is 0 Å². The van der Waals surface area contributed by atoms with E-state index in [9.17, 15) is 8.42 Å². The molecule has 1 unspecified atom stereocenters. The van der Waals surface area contributed by atoms with Gasteiger partial charge in [-0.3, -0.25) is 0 Å². The number of hydrogen-bond donors (Lipinski definition) is 1. The fourth-order valence-electron chi connectivity index (χ4n) is 3.20. The van der Waals surface area contributed by atoms with E-state index in [-0.39, 0.29) is 11.5 Å². The van der Waals surface area contributed by atoms with Gasteiger partial charge in [-0.2, -0.15) is 5.10 Å². The van der Waals surface area contributed by atoms with Crippen LogP contribution in [0.3, 0.4) is 0 Å². The van der Waals surface area contributed by atoms with Crippen LogP contribution in [0.2, 0.25) is 0 Å². The van der Waals surface area contributed by atoms with Gasteiger partial charge in [-0.15, -0.1) is 0 Å². The van der Waals surface area contributed by atoms with E-state index in [0.29, 0.717) is 0 Å². The maximum Gasteiger partial charge on any atom is 0.209 e. The van der Waals surface area contributed by atoms with Crippen molar-refractivity contribution >= 4 is 10.0 Å². The van der Waals surface area contributed by atoms with Crippen molar-refractivity contribution in [2.75, 3.05) is 6.26 Å². The Morgan fingerprint density at radius 3 is 2.59 bits per heavy atom. The molecule has 1 aromatic carbocycles. The molecule has 1 aliphatic carbocycles. The standard InChI is InChI=1S/C16H21N3O2S/c1-16(2)9-14(18-22(3,20)21)13-11-17-19(15(13)10-16)12-7-5-4-6-8-12/h4-8,11,14,18H,9-10H2,1-3H3. The summed E-state index contributed by atoms with van der Waals surface area (Å²) in [4.78, 5) is 0. The molecule has 0 aliphatic heterocycles. The molecule has 0 spiro atoms. The first kappa shape index (κ1) is 15.2. The molecule has 0 saturated heterocycles. The van der Waals surface area contributed by atoms with Crippen LogP contribution < -0.4 is 4.72 Å². The third kappa shape index (κ3) is 3.08. The lowest BCUT2D eigenvalue weighted by Crippen LogP contribution is -2.36. The van der Waals surface area contributed by atoms with Crippen LogP contribution in [0.1, 0.15) is 37.6 Å². The molecule has 0 radical (unpaired) electrons. The Morgan fingerprint density at radius 1 is 1.27 bits per heavy atom. The summed E-state index contributed by atoms with van der Waals surface area (Å²) in [5.74, 6) is 0. The molecule has 1 aliphatic rings. The molecular formula is C16H21N3O2S. The third-order valence-corrected chi connectivity index (χ3v) is 4.75. The van der Waals surface area contributed by atoms with Crippen LogP contribution >= 0.6 is 0 Å². The van der Waals surface area contributed by atoms with Gasteiger partial charge >= 0.3 is 0 Å². The lowest BCUT2D eigenvalue weighted by Gasteiger charge is -2.35. The number of rotatable bonds is 3. The van der Waals surface area contributed by atoms with E-state index in [1.54, 1.807) is 6.20 Å². The smallest absolute Gasteiger partial charge is 0.209 e. The molecular weight excluding hydrogens is 298 g/mol. The number of nitrogens with zero attached hydrogens (tertiary/aromatic N) is 2. The number of sulfonamides is 1. The van der Waals surface area contributed by atoms with Gasteiger partial charge in [0, 0.05) is 11.3 Å². The molecule has 0 fully saturated rings. The predicted octanol–water partition coefficient (Wildman–Crippen LogP) is 2.44. The molecule has 3 rings (SSSR count). The molecule has 2 aromatic rings. The SMILES string of the molecule is CC1(C)Cc2c(cnn2-c2ccccc2)C(NS(C)(=O)=O)C1. The van der Waals surface area contributed by atoms with Gasteiger partial charge < -0.3 is 0 Å². The minimum atomic E-state index is -3.26. The number of benzene rings is 1. The maximum absolute atomic E-state index is 11.7. The number of hydrogen-bond acceptors (Lipinski definition) is 3. The van der Waals surface area contributed by atoms with E-state index in [1.165, 1.54) is 6.26 Å². The Morgan fingerprint density at radius 2 is 1.95 bits per heavy atom. The van der Waals surface area contributed by atoms with Crippen molar-refractivity contribution < 1.29 is 8.42 Å². The Hall–Kier alpha value is -1.66. The second-order valence-corrected chi connectivity index (χ2v) is 8.56. The summed E-state index contributed by atoms with van der Waals surface area (Å²) in [6.45, 7) is 4.32. The molecule has 1 N–H and O–H groups in total. The Balaban J connectivity index is 2.07. The van der Waals surface area contributed by atoms with E-state index in [4.69, 9.17) is 0 Å². The zero-order valence-electron chi connectivity index (χ0n) is 13.1. The highest BCUT2D eigenvalue weighted by molar-refractivity contribution is 7.88. The van der Waals surface area contributed by atoms with Gasteiger partial charge in [-0.05, 0) is 30.4 Å². The first-order valence-electron chi connectivity index (χ1n) is 7.35. The Kier molecular flexibility index (Phi) is 3.61. The molecule has 118 valence electrons. The zero-order valence-corrected chi connectivity index (χ0v) is 13.9. The highest BCUT2D eigenvalue weighted by atomic mass is 32.2. The summed E-state index contributed by atoms with van der Waals surface area (Å²) in [5.41, 5.74) is 3.08. The van der Waals surface area contributed by atoms with Gasteiger partial charge in [0.1, 0.15) is 0 Å². The fraction of sp³-hybridized carbons (Fsp3) is 0.438. The Bertz CT molecular complexity index is 779. The highest BCUT2D eigenvalue weighted by Gasteiger charge is 2.36. The fourth-order valence-corrected chi connectivity index (χ4v) is 3.92. The third-order valence-electron chi connectivity index (χ3n) is 4.04. The first-order valence-corrected chi connectivity index (χ1v) is 9.24. The average molecular weight is 319 g/mol. The average Bonchev–Trinajstić information content (AvgIpc) is 2.80. The van der Waals surface area contributed by atoms with Gasteiger partial charge in [0.05, 0.1) is 24.2 Å². The molecule has 0 amide bonds. The molecule has 22 heavy (non-hydrogen) atoms. The van der Waals surface area contributed by atoms with Gasteiger partial charge in [0.2, 0.25) is 10.0 Å². The van der Waals surface area contributed by atoms with Crippen LogP contribution in [0.4, 0.5) is 0 Å². The van der Waals surface area contributed by atoms with Crippen LogP contribution in [-0.4, -0.2) is 24.5 Å². The van der Waals surface area contributed by atoms with Gasteiger partial charge in [-0.25, -0.2) is 17.8 Å². The van der Waals surface area contributed by atoms with Crippen LogP contribution in [-0.2, 0) is 16.4 Å². The molecule has 1 aromatic heterocycles. The molecule has 1 heterocycles. The van der Waals surface area contributed by atoms with Crippen molar-refractivity contribution in [3.63, 3.8) is 0 Å². The summed E-state index contributed by atoms with van der Waals surface area (Å²) >= 11 is 0. The number of fused-ring (bicyclic) bond motifs is 1. The number of para-hydroxylation sites is 1. The van der Waals surface area contributed by atoms with Crippen molar-refractivity contribution in [3.8, 4) is 5.69 Å². The number of nitrogens with one attached hydrogen (secondary N) is 1. The number of aromatic nitrogens is 2. The summed E-state index contributed by atoms with van der Waals surface area (Å²) in [7, 11) is -3.26. The zero-order chi connectivity index (χ0) is 16.0. The van der Waals surface area contributed by atoms with Crippen molar-refractivity contribution in [3.05, 3.63) is 47.8 Å². The van der Waals surface area contributed by atoms with E-state index in [2.05, 4.69) is 23.7 Å². The van der Waals surface area contributed by atoms with Crippen LogP contribution in [0, 0.1) is 5.41 Å². The van der Waals surface area contributed by atoms with E-state index in [0.717, 1.165) is 29.8 Å². The topological polar surface area (TPSA) is 64.0 Å². The lowest BCUT2D eigenvalue weighted by atomic mass is 9.74. The summed E-state index contributed by atoms with van der Waals surface area (Å²) in [6, 6.07) is 9.72. The summed E-state index contributed by atoms with van der Waals surface area (Å²) in [5, 5.41) is 4.50. The molecule has 1 atom stereocenters. The molecule has 0 bridgehead atoms. The normalized spacial score (nSPS) is 20.6. The molecule has 0 saturated carbocycles. The predicted molar refractivity (Wildman–Crippen MR) is 86.4 cm³/mol. The van der Waals surface area contributed by atoms with Crippen LogP contribution in [0.15, 0.2) is 36.5 Å². The summed E-state index contributed by atoms with van der Waals surface area (Å²) in [6.07, 6.45) is 4.64. The largest absolute Gasteiger partial charge is 0.237 e. The minimum absolute atomic E-state index is 0.0158.